The average Bonchev–Trinajstić information content (AvgIpc) is 2.55. The standard InChI is InChI=1S/C17H34O3Si/c1-5-14-18-21(8-4,19-15-6-2)20-17(7-3)16-12-10-9-11-13-16/h12,17H,5-11,13-15H2,1-4H3. The minimum absolute atomic E-state index is 0.186. The quantitative estimate of drug-likeness (QED) is 0.392. The lowest BCUT2D eigenvalue weighted by molar-refractivity contribution is 0.0358. The van der Waals surface area contributed by atoms with Crippen molar-refractivity contribution in [2.75, 3.05) is 13.2 Å². The molecule has 0 spiro atoms. The summed E-state index contributed by atoms with van der Waals surface area (Å²) in [7, 11) is -2.52. The Morgan fingerprint density at radius 3 is 2.14 bits per heavy atom. The summed E-state index contributed by atoms with van der Waals surface area (Å²) in [6, 6.07) is 0.858. The van der Waals surface area contributed by atoms with Crippen molar-refractivity contribution in [1.82, 2.24) is 0 Å². The lowest BCUT2D eigenvalue weighted by Crippen LogP contribution is -2.48. The molecule has 0 radical (unpaired) electrons. The lowest BCUT2D eigenvalue weighted by atomic mass is 9.94. The van der Waals surface area contributed by atoms with Crippen molar-refractivity contribution in [2.45, 2.75) is 84.8 Å². The molecule has 0 aromatic rings. The summed E-state index contributed by atoms with van der Waals surface area (Å²) in [6.07, 6.45) is 10.6. The van der Waals surface area contributed by atoms with Crippen molar-refractivity contribution in [3.8, 4) is 0 Å². The Hall–Kier alpha value is -0.163. The van der Waals surface area contributed by atoms with Crippen LogP contribution in [-0.4, -0.2) is 28.1 Å². The van der Waals surface area contributed by atoms with E-state index in [1.165, 1.54) is 31.3 Å². The van der Waals surface area contributed by atoms with Crippen molar-refractivity contribution in [1.29, 1.82) is 0 Å². The van der Waals surface area contributed by atoms with Crippen LogP contribution in [0, 0.1) is 0 Å². The fourth-order valence-electron chi connectivity index (χ4n) is 2.71. The Morgan fingerprint density at radius 1 is 1.05 bits per heavy atom. The van der Waals surface area contributed by atoms with Crippen LogP contribution < -0.4 is 0 Å². The molecule has 21 heavy (non-hydrogen) atoms. The SMILES string of the molecule is CCCO[Si](CC)(OCCC)OC(CC)C1=CCCCC1. The number of hydrogen-bond acceptors (Lipinski definition) is 3. The van der Waals surface area contributed by atoms with Gasteiger partial charge in [-0.3, -0.25) is 0 Å². The molecule has 0 saturated carbocycles. The summed E-state index contributed by atoms with van der Waals surface area (Å²) in [6.45, 7) is 10.1. The monoisotopic (exact) mass is 314 g/mol. The van der Waals surface area contributed by atoms with Gasteiger partial charge in [0.1, 0.15) is 0 Å². The Bertz CT molecular complexity index is 296. The fraction of sp³-hybridized carbons (Fsp3) is 0.882. The maximum absolute atomic E-state index is 6.51. The second-order valence-corrected chi connectivity index (χ2v) is 8.66. The largest absolute Gasteiger partial charge is 0.501 e. The molecular formula is C17H34O3Si. The maximum Gasteiger partial charge on any atom is 0.501 e. The van der Waals surface area contributed by atoms with Crippen LogP contribution in [0.5, 0.6) is 0 Å². The summed E-state index contributed by atoms with van der Waals surface area (Å²) in [5, 5.41) is 0. The minimum Gasteiger partial charge on any atom is -0.373 e. The van der Waals surface area contributed by atoms with Gasteiger partial charge in [-0.1, -0.05) is 33.8 Å². The molecule has 0 fully saturated rings. The van der Waals surface area contributed by atoms with Crippen LogP contribution in [-0.2, 0) is 13.3 Å². The van der Waals surface area contributed by atoms with Gasteiger partial charge < -0.3 is 13.3 Å². The molecule has 4 heteroatoms. The van der Waals surface area contributed by atoms with Gasteiger partial charge in [-0.2, -0.15) is 0 Å². The first-order valence-electron chi connectivity index (χ1n) is 8.85. The van der Waals surface area contributed by atoms with Gasteiger partial charge in [0.2, 0.25) is 0 Å². The molecule has 3 nitrogen and oxygen atoms in total. The van der Waals surface area contributed by atoms with Crippen molar-refractivity contribution < 1.29 is 13.3 Å². The molecular weight excluding hydrogens is 280 g/mol. The van der Waals surface area contributed by atoms with E-state index in [2.05, 4.69) is 33.8 Å². The second-order valence-electron chi connectivity index (χ2n) is 5.77. The van der Waals surface area contributed by atoms with Gasteiger partial charge in [0, 0.05) is 19.3 Å². The van der Waals surface area contributed by atoms with Gasteiger partial charge in [0.15, 0.2) is 0 Å². The molecule has 1 aliphatic rings. The third-order valence-electron chi connectivity index (χ3n) is 3.92. The minimum atomic E-state index is -2.52. The van der Waals surface area contributed by atoms with E-state index in [0.717, 1.165) is 38.5 Å². The summed E-state index contributed by atoms with van der Waals surface area (Å²) < 4.78 is 18.7. The molecule has 0 heterocycles. The average molecular weight is 315 g/mol. The third-order valence-corrected chi connectivity index (χ3v) is 6.72. The Labute approximate surface area is 132 Å². The zero-order chi connectivity index (χ0) is 15.6. The molecule has 1 rings (SSSR count). The summed E-state index contributed by atoms with van der Waals surface area (Å²) >= 11 is 0. The molecule has 0 saturated heterocycles. The topological polar surface area (TPSA) is 27.7 Å². The molecule has 1 aliphatic carbocycles. The molecule has 0 aliphatic heterocycles. The Morgan fingerprint density at radius 2 is 1.71 bits per heavy atom. The fourth-order valence-corrected chi connectivity index (χ4v) is 5.28. The van der Waals surface area contributed by atoms with E-state index < -0.39 is 8.80 Å². The zero-order valence-electron chi connectivity index (χ0n) is 14.5. The van der Waals surface area contributed by atoms with Crippen LogP contribution in [0.3, 0.4) is 0 Å². The number of rotatable bonds is 11. The highest BCUT2D eigenvalue weighted by atomic mass is 28.4. The first-order valence-corrected chi connectivity index (χ1v) is 10.8. The number of hydrogen-bond donors (Lipinski definition) is 0. The van der Waals surface area contributed by atoms with Crippen LogP contribution >= 0.6 is 0 Å². The van der Waals surface area contributed by atoms with Crippen LogP contribution in [0.4, 0.5) is 0 Å². The van der Waals surface area contributed by atoms with Crippen molar-refractivity contribution in [3.05, 3.63) is 11.6 Å². The van der Waals surface area contributed by atoms with Gasteiger partial charge in [0.05, 0.1) is 6.10 Å². The highest BCUT2D eigenvalue weighted by molar-refractivity contribution is 6.60. The number of allylic oxidation sites excluding steroid dienone is 1. The van der Waals surface area contributed by atoms with Crippen LogP contribution in [0.1, 0.15) is 72.6 Å². The van der Waals surface area contributed by atoms with E-state index in [4.69, 9.17) is 13.3 Å². The van der Waals surface area contributed by atoms with Crippen LogP contribution in [0.15, 0.2) is 11.6 Å². The summed E-state index contributed by atoms with van der Waals surface area (Å²) in [5.74, 6) is 0. The normalized spacial score (nSPS) is 17.6. The highest BCUT2D eigenvalue weighted by Crippen LogP contribution is 2.28. The molecule has 0 N–H and O–H groups in total. The first-order chi connectivity index (χ1) is 10.2. The summed E-state index contributed by atoms with van der Waals surface area (Å²) in [5.41, 5.74) is 1.47. The van der Waals surface area contributed by atoms with Gasteiger partial charge in [-0.15, -0.1) is 0 Å². The highest BCUT2D eigenvalue weighted by Gasteiger charge is 2.41. The maximum atomic E-state index is 6.51. The van der Waals surface area contributed by atoms with Crippen molar-refractivity contribution in [2.24, 2.45) is 0 Å². The van der Waals surface area contributed by atoms with Gasteiger partial charge in [-0.25, -0.2) is 0 Å². The predicted octanol–water partition coefficient (Wildman–Crippen LogP) is 5.09. The van der Waals surface area contributed by atoms with E-state index in [1.807, 2.05) is 0 Å². The van der Waals surface area contributed by atoms with E-state index in [-0.39, 0.29) is 6.10 Å². The van der Waals surface area contributed by atoms with Gasteiger partial charge in [-0.05, 0) is 50.5 Å². The smallest absolute Gasteiger partial charge is 0.373 e. The first kappa shape index (κ1) is 18.9. The van der Waals surface area contributed by atoms with Gasteiger partial charge in [0.25, 0.3) is 0 Å². The molecule has 0 aromatic heterocycles. The molecule has 0 bridgehead atoms. The molecule has 1 unspecified atom stereocenters. The van der Waals surface area contributed by atoms with Crippen LogP contribution in [0.2, 0.25) is 6.04 Å². The van der Waals surface area contributed by atoms with E-state index >= 15 is 0 Å². The molecule has 1 atom stereocenters. The van der Waals surface area contributed by atoms with Crippen molar-refractivity contribution >= 4 is 8.80 Å². The zero-order valence-corrected chi connectivity index (χ0v) is 15.5. The van der Waals surface area contributed by atoms with E-state index in [1.54, 1.807) is 0 Å². The van der Waals surface area contributed by atoms with Gasteiger partial charge >= 0.3 is 8.80 Å². The third kappa shape index (κ3) is 6.23. The Balaban J connectivity index is 2.76. The summed E-state index contributed by atoms with van der Waals surface area (Å²) in [4.78, 5) is 0. The molecule has 124 valence electrons. The van der Waals surface area contributed by atoms with Crippen molar-refractivity contribution in [3.63, 3.8) is 0 Å². The van der Waals surface area contributed by atoms with E-state index in [0.29, 0.717) is 0 Å². The molecule has 0 amide bonds. The second kappa shape index (κ2) is 10.5. The predicted molar refractivity (Wildman–Crippen MR) is 90.4 cm³/mol. The lowest BCUT2D eigenvalue weighted by Gasteiger charge is -2.34. The van der Waals surface area contributed by atoms with E-state index in [9.17, 15) is 0 Å². The van der Waals surface area contributed by atoms with Crippen LogP contribution in [0.25, 0.3) is 0 Å². The molecule has 0 aromatic carbocycles. The Kier molecular flexibility index (Phi) is 9.48.